The minimum absolute atomic E-state index is 0.0112. The molecule has 10 heavy (non-hydrogen) atoms. The predicted molar refractivity (Wildman–Crippen MR) is 40.5 cm³/mol. The van der Waals surface area contributed by atoms with E-state index in [-0.39, 0.29) is 12.0 Å². The van der Waals surface area contributed by atoms with E-state index in [1.807, 2.05) is 20.8 Å². The molecule has 0 bridgehead atoms. The molecule has 0 aliphatic heterocycles. The van der Waals surface area contributed by atoms with Crippen molar-refractivity contribution < 1.29 is 9.90 Å². The SMILES string of the molecule is CC(C)(C)N=CCC(=O)O. The molecule has 1 N–H and O–H groups in total. The van der Waals surface area contributed by atoms with Crippen LogP contribution >= 0.6 is 0 Å². The van der Waals surface area contributed by atoms with E-state index in [0.717, 1.165) is 0 Å². The van der Waals surface area contributed by atoms with Crippen molar-refractivity contribution in [3.63, 3.8) is 0 Å². The summed E-state index contributed by atoms with van der Waals surface area (Å²) in [5.74, 6) is -0.840. The third-order valence-corrected chi connectivity index (χ3v) is 0.744. The smallest absolute Gasteiger partial charge is 0.308 e. The first-order chi connectivity index (χ1) is 4.42. The normalized spacial score (nSPS) is 12.3. The van der Waals surface area contributed by atoms with Gasteiger partial charge in [-0.25, -0.2) is 0 Å². The Morgan fingerprint density at radius 1 is 1.60 bits per heavy atom. The fraction of sp³-hybridized carbons (Fsp3) is 0.714. The van der Waals surface area contributed by atoms with Crippen LogP contribution in [-0.2, 0) is 4.79 Å². The van der Waals surface area contributed by atoms with E-state index < -0.39 is 5.97 Å². The lowest BCUT2D eigenvalue weighted by Crippen LogP contribution is -2.10. The number of aliphatic imine (C=N–C) groups is 1. The Hall–Kier alpha value is -0.860. The first-order valence-corrected chi connectivity index (χ1v) is 3.17. The van der Waals surface area contributed by atoms with Gasteiger partial charge in [-0.15, -0.1) is 0 Å². The van der Waals surface area contributed by atoms with Crippen molar-refractivity contribution in [1.82, 2.24) is 0 Å². The quantitative estimate of drug-likeness (QED) is 0.593. The first-order valence-electron chi connectivity index (χ1n) is 3.17. The summed E-state index contributed by atoms with van der Waals surface area (Å²) in [7, 11) is 0. The number of nitrogens with zero attached hydrogens (tertiary/aromatic N) is 1. The highest BCUT2D eigenvalue weighted by Crippen LogP contribution is 2.04. The van der Waals surface area contributed by atoms with Gasteiger partial charge in [0.15, 0.2) is 0 Å². The van der Waals surface area contributed by atoms with E-state index in [9.17, 15) is 4.79 Å². The summed E-state index contributed by atoms with van der Waals surface area (Å²) in [6.07, 6.45) is 1.44. The molecule has 0 fully saturated rings. The van der Waals surface area contributed by atoms with Crippen molar-refractivity contribution in [1.29, 1.82) is 0 Å². The monoisotopic (exact) mass is 143 g/mol. The maximum absolute atomic E-state index is 9.99. The zero-order valence-corrected chi connectivity index (χ0v) is 6.59. The molecule has 0 atom stereocenters. The molecule has 58 valence electrons. The Bertz CT molecular complexity index is 144. The topological polar surface area (TPSA) is 49.7 Å². The van der Waals surface area contributed by atoms with Crippen LogP contribution < -0.4 is 0 Å². The lowest BCUT2D eigenvalue weighted by molar-refractivity contribution is -0.135. The van der Waals surface area contributed by atoms with E-state index in [0.29, 0.717) is 0 Å². The molecule has 0 saturated carbocycles. The lowest BCUT2D eigenvalue weighted by Gasteiger charge is -2.09. The van der Waals surface area contributed by atoms with Crippen LogP contribution in [0.2, 0.25) is 0 Å². The second kappa shape index (κ2) is 3.34. The molecule has 0 rings (SSSR count). The van der Waals surface area contributed by atoms with Gasteiger partial charge in [-0.2, -0.15) is 0 Å². The van der Waals surface area contributed by atoms with Crippen molar-refractivity contribution in [2.24, 2.45) is 4.99 Å². The van der Waals surface area contributed by atoms with Crippen LogP contribution in [0.25, 0.3) is 0 Å². The summed E-state index contributed by atoms with van der Waals surface area (Å²) < 4.78 is 0. The molecule has 0 aliphatic rings. The second-order valence-corrected chi connectivity index (χ2v) is 3.08. The molecule has 0 aromatic heterocycles. The molecule has 0 heterocycles. The minimum atomic E-state index is -0.840. The second-order valence-electron chi connectivity index (χ2n) is 3.08. The highest BCUT2D eigenvalue weighted by atomic mass is 16.4. The molecular weight excluding hydrogens is 130 g/mol. The van der Waals surface area contributed by atoms with Gasteiger partial charge in [0.1, 0.15) is 0 Å². The van der Waals surface area contributed by atoms with E-state index in [4.69, 9.17) is 5.11 Å². The Labute approximate surface area is 60.8 Å². The third-order valence-electron chi connectivity index (χ3n) is 0.744. The van der Waals surface area contributed by atoms with Crippen LogP contribution in [0.15, 0.2) is 4.99 Å². The first kappa shape index (κ1) is 9.14. The number of hydrogen-bond acceptors (Lipinski definition) is 2. The number of aliphatic carboxylic acids is 1. The van der Waals surface area contributed by atoms with Crippen molar-refractivity contribution in [2.45, 2.75) is 32.7 Å². The van der Waals surface area contributed by atoms with Gasteiger partial charge < -0.3 is 5.11 Å². The number of hydrogen-bond donors (Lipinski definition) is 1. The third kappa shape index (κ3) is 7.14. The summed E-state index contributed by atoms with van der Waals surface area (Å²) in [5.41, 5.74) is -0.157. The van der Waals surface area contributed by atoms with E-state index in [1.54, 1.807) is 0 Å². The Morgan fingerprint density at radius 3 is 2.40 bits per heavy atom. The molecule has 0 amide bonds. The van der Waals surface area contributed by atoms with Gasteiger partial charge in [0, 0.05) is 6.21 Å². The lowest BCUT2D eigenvalue weighted by atomic mass is 10.1. The summed E-state index contributed by atoms with van der Waals surface area (Å²) in [4.78, 5) is 14.0. The predicted octanol–water partition coefficient (Wildman–Crippen LogP) is 1.33. The molecule has 3 nitrogen and oxygen atoms in total. The van der Waals surface area contributed by atoms with Crippen LogP contribution in [0.1, 0.15) is 27.2 Å². The maximum atomic E-state index is 9.99. The number of carbonyl (C=O) groups is 1. The fourth-order valence-corrected chi connectivity index (χ4v) is 0.398. The van der Waals surface area contributed by atoms with Gasteiger partial charge in [0.05, 0.1) is 12.0 Å². The van der Waals surface area contributed by atoms with Crippen molar-refractivity contribution in [3.8, 4) is 0 Å². The number of rotatable bonds is 2. The molecule has 0 spiro atoms. The maximum Gasteiger partial charge on any atom is 0.308 e. The fourth-order valence-electron chi connectivity index (χ4n) is 0.398. The average Bonchev–Trinajstić information content (AvgIpc) is 1.59. The van der Waals surface area contributed by atoms with Crippen LogP contribution in [0.3, 0.4) is 0 Å². The molecule has 3 heteroatoms. The van der Waals surface area contributed by atoms with Gasteiger partial charge in [-0.3, -0.25) is 9.79 Å². The molecule has 0 unspecified atom stereocenters. The molecule has 0 aromatic rings. The van der Waals surface area contributed by atoms with Gasteiger partial charge in [0.25, 0.3) is 0 Å². The minimum Gasteiger partial charge on any atom is -0.481 e. The van der Waals surface area contributed by atoms with Crippen molar-refractivity contribution >= 4 is 12.2 Å². The molecule has 0 aliphatic carbocycles. The molecule has 0 aromatic carbocycles. The van der Waals surface area contributed by atoms with Crippen LogP contribution in [0.5, 0.6) is 0 Å². The largest absolute Gasteiger partial charge is 0.481 e. The summed E-state index contributed by atoms with van der Waals surface area (Å²) >= 11 is 0. The molecule has 0 radical (unpaired) electrons. The Morgan fingerprint density at radius 2 is 2.10 bits per heavy atom. The standard InChI is InChI=1S/C7H13NO2/c1-7(2,3)8-5-4-6(9)10/h5H,4H2,1-3H3,(H,9,10). The zero-order valence-electron chi connectivity index (χ0n) is 6.59. The highest BCUT2D eigenvalue weighted by Gasteiger charge is 2.04. The Kier molecular flexibility index (Phi) is 3.06. The van der Waals surface area contributed by atoms with Crippen molar-refractivity contribution in [3.05, 3.63) is 0 Å². The molecular formula is C7H13NO2. The van der Waals surface area contributed by atoms with Gasteiger partial charge >= 0.3 is 5.97 Å². The van der Waals surface area contributed by atoms with E-state index in [2.05, 4.69) is 4.99 Å². The number of carboxylic acid groups (broad SMARTS) is 1. The summed E-state index contributed by atoms with van der Waals surface area (Å²) in [6, 6.07) is 0. The van der Waals surface area contributed by atoms with Crippen molar-refractivity contribution in [2.75, 3.05) is 0 Å². The van der Waals surface area contributed by atoms with Crippen LogP contribution in [0.4, 0.5) is 0 Å². The average molecular weight is 143 g/mol. The summed E-state index contributed by atoms with van der Waals surface area (Å²) in [6.45, 7) is 5.77. The van der Waals surface area contributed by atoms with Gasteiger partial charge in [-0.1, -0.05) is 0 Å². The van der Waals surface area contributed by atoms with Crippen LogP contribution in [0, 0.1) is 0 Å². The zero-order chi connectivity index (χ0) is 8.20. The highest BCUT2D eigenvalue weighted by molar-refractivity contribution is 5.84. The van der Waals surface area contributed by atoms with E-state index >= 15 is 0 Å². The van der Waals surface area contributed by atoms with E-state index in [1.165, 1.54) is 6.21 Å². The number of carboxylic acids is 1. The molecule has 0 saturated heterocycles. The summed E-state index contributed by atoms with van der Waals surface area (Å²) in [5, 5.41) is 8.22. The Balaban J connectivity index is 3.67. The van der Waals surface area contributed by atoms with Gasteiger partial charge in [0.2, 0.25) is 0 Å². The van der Waals surface area contributed by atoms with Gasteiger partial charge in [-0.05, 0) is 20.8 Å². The van der Waals surface area contributed by atoms with Crippen LogP contribution in [-0.4, -0.2) is 22.8 Å².